The van der Waals surface area contributed by atoms with Gasteiger partial charge in [0.15, 0.2) is 0 Å². The summed E-state index contributed by atoms with van der Waals surface area (Å²) >= 11 is 1.03. The van der Waals surface area contributed by atoms with Crippen LogP contribution in [0.4, 0.5) is 0 Å². The molecule has 0 fully saturated rings. The number of phenols is 1. The maximum atomic E-state index is 12.0. The van der Waals surface area contributed by atoms with Gasteiger partial charge in [0.1, 0.15) is 16.7 Å². The molecule has 8 heteroatoms. The van der Waals surface area contributed by atoms with Crippen molar-refractivity contribution in [3.05, 3.63) is 40.9 Å². The average Bonchev–Trinajstić information content (AvgIpc) is 2.97. The second-order valence-electron chi connectivity index (χ2n) is 4.43. The number of aliphatic carboxylic acids is 1. The van der Waals surface area contributed by atoms with Gasteiger partial charge >= 0.3 is 5.97 Å². The minimum atomic E-state index is -1.14. The number of carboxylic acids is 1. The molecule has 1 aromatic heterocycles. The molecule has 0 radical (unpaired) electrons. The van der Waals surface area contributed by atoms with Crippen molar-refractivity contribution in [3.8, 4) is 10.9 Å². The molecule has 1 amide bonds. The van der Waals surface area contributed by atoms with Crippen LogP contribution in [0.15, 0.2) is 30.5 Å². The molecule has 0 aliphatic rings. The van der Waals surface area contributed by atoms with Crippen molar-refractivity contribution in [1.29, 1.82) is 0 Å². The molecule has 1 aromatic carbocycles. The molecule has 0 saturated carbocycles. The predicted octanol–water partition coefficient (Wildman–Crippen LogP) is 1.28. The Morgan fingerprint density at radius 3 is 2.59 bits per heavy atom. The van der Waals surface area contributed by atoms with E-state index in [4.69, 9.17) is 4.74 Å². The monoisotopic (exact) mass is 322 g/mol. The summed E-state index contributed by atoms with van der Waals surface area (Å²) in [6.45, 7) is 0. The van der Waals surface area contributed by atoms with Crippen LogP contribution in [0.2, 0.25) is 0 Å². The molecule has 0 aliphatic carbocycles. The van der Waals surface area contributed by atoms with Crippen molar-refractivity contribution in [2.75, 3.05) is 7.11 Å². The Morgan fingerprint density at radius 2 is 2.05 bits per heavy atom. The number of thiazole rings is 1. The zero-order chi connectivity index (χ0) is 16.1. The Hall–Kier alpha value is -2.61. The third-order valence-corrected chi connectivity index (χ3v) is 3.82. The lowest BCUT2D eigenvalue weighted by Crippen LogP contribution is -2.42. The normalized spacial score (nSPS) is 11.7. The van der Waals surface area contributed by atoms with Gasteiger partial charge in [-0.3, -0.25) is 4.79 Å². The van der Waals surface area contributed by atoms with Gasteiger partial charge in [-0.2, -0.15) is 0 Å². The first-order chi connectivity index (χ1) is 10.5. The van der Waals surface area contributed by atoms with E-state index in [2.05, 4.69) is 10.3 Å². The molecule has 22 heavy (non-hydrogen) atoms. The molecule has 116 valence electrons. The summed E-state index contributed by atoms with van der Waals surface area (Å²) in [5, 5.41) is 21.2. The van der Waals surface area contributed by atoms with Crippen LogP contribution in [0.5, 0.6) is 10.9 Å². The highest BCUT2D eigenvalue weighted by Crippen LogP contribution is 2.20. The highest BCUT2D eigenvalue weighted by Gasteiger charge is 2.22. The third kappa shape index (κ3) is 3.95. The summed E-state index contributed by atoms with van der Waals surface area (Å²) in [5.74, 6) is -1.57. The highest BCUT2D eigenvalue weighted by atomic mass is 32.1. The van der Waals surface area contributed by atoms with Gasteiger partial charge in [0.2, 0.25) is 0 Å². The summed E-state index contributed by atoms with van der Waals surface area (Å²) in [4.78, 5) is 27.5. The smallest absolute Gasteiger partial charge is 0.326 e. The first-order valence-corrected chi connectivity index (χ1v) is 7.12. The molecule has 3 N–H and O–H groups in total. The fraction of sp³-hybridized carbons (Fsp3) is 0.214. The second-order valence-corrected chi connectivity index (χ2v) is 5.42. The van der Waals surface area contributed by atoms with Crippen molar-refractivity contribution < 1.29 is 24.5 Å². The summed E-state index contributed by atoms with van der Waals surface area (Å²) < 4.78 is 4.89. The van der Waals surface area contributed by atoms with Gasteiger partial charge in [0.25, 0.3) is 11.1 Å². The molecular weight excluding hydrogens is 308 g/mol. The summed E-state index contributed by atoms with van der Waals surface area (Å²) in [5.41, 5.74) is 0.687. The molecule has 0 spiro atoms. The topological polar surface area (TPSA) is 109 Å². The molecule has 2 rings (SSSR count). The fourth-order valence-corrected chi connectivity index (χ4v) is 2.39. The minimum Gasteiger partial charge on any atom is -0.508 e. The predicted molar refractivity (Wildman–Crippen MR) is 79.4 cm³/mol. The van der Waals surface area contributed by atoms with Crippen LogP contribution >= 0.6 is 11.3 Å². The van der Waals surface area contributed by atoms with E-state index in [0.29, 0.717) is 10.8 Å². The zero-order valence-electron chi connectivity index (χ0n) is 11.6. The van der Waals surface area contributed by atoms with Crippen LogP contribution in [-0.4, -0.2) is 40.2 Å². The van der Waals surface area contributed by atoms with Gasteiger partial charge in [-0.05, 0) is 17.7 Å². The lowest BCUT2D eigenvalue weighted by Gasteiger charge is -2.14. The molecule has 2 aromatic rings. The molecule has 1 atom stereocenters. The number of rotatable bonds is 6. The number of ether oxygens (including phenoxy) is 1. The van der Waals surface area contributed by atoms with E-state index in [1.54, 1.807) is 12.1 Å². The van der Waals surface area contributed by atoms with Gasteiger partial charge in [0.05, 0.1) is 13.3 Å². The van der Waals surface area contributed by atoms with E-state index in [9.17, 15) is 19.8 Å². The molecule has 1 heterocycles. The Kier molecular flexibility index (Phi) is 4.95. The van der Waals surface area contributed by atoms with Gasteiger partial charge in [-0.25, -0.2) is 9.78 Å². The number of phenolic OH excluding ortho intramolecular Hbond substituents is 1. The lowest BCUT2D eigenvalue weighted by atomic mass is 10.1. The number of carbonyl (C=O) groups is 2. The van der Waals surface area contributed by atoms with Crippen LogP contribution in [0.3, 0.4) is 0 Å². The van der Waals surface area contributed by atoms with E-state index < -0.39 is 17.9 Å². The van der Waals surface area contributed by atoms with E-state index in [0.717, 1.165) is 11.3 Å². The number of aromatic nitrogens is 1. The first kappa shape index (κ1) is 15.8. The molecular formula is C14H14N2O5S. The van der Waals surface area contributed by atoms with Crippen molar-refractivity contribution in [3.63, 3.8) is 0 Å². The number of hydrogen-bond acceptors (Lipinski definition) is 6. The Labute approximate surface area is 130 Å². The number of methoxy groups -OCH3 is 1. The van der Waals surface area contributed by atoms with E-state index in [1.165, 1.54) is 25.4 Å². The van der Waals surface area contributed by atoms with Crippen LogP contribution in [0, 0.1) is 0 Å². The number of nitrogens with one attached hydrogen (secondary N) is 1. The maximum absolute atomic E-state index is 12.0. The summed E-state index contributed by atoms with van der Waals surface area (Å²) in [6, 6.07) is 5.05. The van der Waals surface area contributed by atoms with Crippen LogP contribution in [0.1, 0.15) is 15.2 Å². The minimum absolute atomic E-state index is 0.0939. The average molecular weight is 322 g/mol. The molecule has 0 aliphatic heterocycles. The van der Waals surface area contributed by atoms with E-state index >= 15 is 0 Å². The maximum Gasteiger partial charge on any atom is 0.326 e. The highest BCUT2D eigenvalue weighted by molar-refractivity contribution is 7.15. The van der Waals surface area contributed by atoms with Gasteiger partial charge in [0, 0.05) is 6.42 Å². The number of hydrogen-bond donors (Lipinski definition) is 3. The Morgan fingerprint density at radius 1 is 1.36 bits per heavy atom. The number of aromatic hydroxyl groups is 1. The van der Waals surface area contributed by atoms with Crippen LogP contribution in [-0.2, 0) is 11.2 Å². The SMILES string of the molecule is COc1ncc(C(=O)N[C@@H](Cc2ccc(O)cc2)C(=O)O)s1. The fourth-order valence-electron chi connectivity index (χ4n) is 1.75. The molecule has 0 bridgehead atoms. The largest absolute Gasteiger partial charge is 0.508 e. The number of nitrogens with zero attached hydrogens (tertiary/aromatic N) is 1. The number of amides is 1. The van der Waals surface area contributed by atoms with Gasteiger partial charge < -0.3 is 20.3 Å². The van der Waals surface area contributed by atoms with Crippen molar-refractivity contribution >= 4 is 23.2 Å². The molecule has 0 unspecified atom stereocenters. The summed E-state index contributed by atoms with van der Waals surface area (Å²) in [6.07, 6.45) is 1.44. The van der Waals surface area contributed by atoms with Gasteiger partial charge in [-0.15, -0.1) is 0 Å². The number of benzene rings is 1. The van der Waals surface area contributed by atoms with E-state index in [-0.39, 0.29) is 17.0 Å². The number of carbonyl (C=O) groups excluding carboxylic acids is 1. The Balaban J connectivity index is 2.06. The zero-order valence-corrected chi connectivity index (χ0v) is 12.5. The Bertz CT molecular complexity index is 668. The van der Waals surface area contributed by atoms with E-state index in [1.807, 2.05) is 0 Å². The second kappa shape index (κ2) is 6.90. The first-order valence-electron chi connectivity index (χ1n) is 6.31. The summed E-state index contributed by atoms with van der Waals surface area (Å²) in [7, 11) is 1.44. The molecule has 7 nitrogen and oxygen atoms in total. The van der Waals surface area contributed by atoms with Crippen LogP contribution in [0.25, 0.3) is 0 Å². The standard InChI is InChI=1S/C14H14N2O5S/c1-21-14-15-7-11(22-14)12(18)16-10(13(19)20)6-8-2-4-9(17)5-3-8/h2-5,7,10,17H,6H2,1H3,(H,16,18)(H,19,20)/t10-/m0/s1. The van der Waals surface area contributed by atoms with Crippen molar-refractivity contribution in [2.45, 2.75) is 12.5 Å². The van der Waals surface area contributed by atoms with Crippen molar-refractivity contribution in [2.24, 2.45) is 0 Å². The number of carboxylic acid groups (broad SMARTS) is 1. The third-order valence-electron chi connectivity index (χ3n) is 2.86. The van der Waals surface area contributed by atoms with Crippen LogP contribution < -0.4 is 10.1 Å². The van der Waals surface area contributed by atoms with Crippen molar-refractivity contribution in [1.82, 2.24) is 10.3 Å². The molecule has 0 saturated heterocycles. The quantitative estimate of drug-likeness (QED) is 0.739. The lowest BCUT2D eigenvalue weighted by molar-refractivity contribution is -0.139. The van der Waals surface area contributed by atoms with Gasteiger partial charge in [-0.1, -0.05) is 23.5 Å².